The molecule has 3 aliphatic rings. The van der Waals surface area contributed by atoms with Gasteiger partial charge in [0.2, 0.25) is 11.7 Å². The zero-order valence-electron chi connectivity index (χ0n) is 23.2. The summed E-state index contributed by atoms with van der Waals surface area (Å²) in [5.74, 6) is -0.770. The first-order valence-corrected chi connectivity index (χ1v) is 14.7. The van der Waals surface area contributed by atoms with Gasteiger partial charge in [0, 0.05) is 37.4 Å². The number of hydrogen-bond donors (Lipinski definition) is 2. The van der Waals surface area contributed by atoms with Gasteiger partial charge in [0.25, 0.3) is 0 Å². The van der Waals surface area contributed by atoms with Crippen molar-refractivity contribution in [2.45, 2.75) is 82.4 Å². The molecule has 1 saturated heterocycles. The number of hydrogen-bond acceptors (Lipinski definition) is 6. The second kappa shape index (κ2) is 12.4. The maximum Gasteiger partial charge on any atom is 0.371 e. The van der Waals surface area contributed by atoms with Gasteiger partial charge in [-0.3, -0.25) is 9.59 Å². The van der Waals surface area contributed by atoms with E-state index < -0.39 is 24.7 Å². The van der Waals surface area contributed by atoms with Gasteiger partial charge < -0.3 is 24.9 Å². The number of furan rings is 1. The number of carbonyl (C=O) groups is 3. The number of carboxylic acid groups (broad SMARTS) is 1. The van der Waals surface area contributed by atoms with Gasteiger partial charge >= 0.3 is 5.97 Å². The molecule has 2 saturated carbocycles. The first-order valence-electron chi connectivity index (χ1n) is 14.7. The van der Waals surface area contributed by atoms with Crippen molar-refractivity contribution >= 4 is 28.6 Å². The van der Waals surface area contributed by atoms with E-state index in [1.807, 2.05) is 4.90 Å². The minimum atomic E-state index is -1.14. The van der Waals surface area contributed by atoms with Gasteiger partial charge in [-0.05, 0) is 99.3 Å². The van der Waals surface area contributed by atoms with E-state index in [4.69, 9.17) is 14.9 Å². The molecule has 3 atom stereocenters. The Hall–Kier alpha value is -2.78. The molecule has 1 amide bonds. The van der Waals surface area contributed by atoms with Gasteiger partial charge in [-0.1, -0.05) is 6.07 Å². The second-order valence-electron chi connectivity index (χ2n) is 12.1. The number of likely N-dealkylation sites (tertiary alicyclic amines) is 1. The van der Waals surface area contributed by atoms with E-state index >= 15 is 0 Å². The highest BCUT2D eigenvalue weighted by molar-refractivity contribution is 5.94. The fourth-order valence-electron chi connectivity index (χ4n) is 7.49. The third-order valence-electron chi connectivity index (χ3n) is 9.79. The van der Waals surface area contributed by atoms with Crippen molar-refractivity contribution in [1.82, 2.24) is 4.90 Å². The Morgan fingerprint density at radius 1 is 1.07 bits per heavy atom. The van der Waals surface area contributed by atoms with Crippen molar-refractivity contribution in [3.8, 4) is 0 Å². The van der Waals surface area contributed by atoms with E-state index in [0.29, 0.717) is 36.3 Å². The normalized spacial score (nSPS) is 29.9. The lowest BCUT2D eigenvalue weighted by Gasteiger charge is -2.37. The monoisotopic (exact) mass is 556 g/mol. The smallest absolute Gasteiger partial charge is 0.371 e. The van der Waals surface area contributed by atoms with Gasteiger partial charge in [0.05, 0.1) is 12.1 Å². The van der Waals surface area contributed by atoms with Crippen LogP contribution >= 0.6 is 0 Å². The number of ketones is 1. The Morgan fingerprint density at radius 3 is 2.45 bits per heavy atom. The molecule has 40 heavy (non-hydrogen) atoms. The number of ether oxygens (including phenoxy) is 1. The number of benzene rings is 1. The molecular formula is C31H41FN2O6. The SMILES string of the molecule is COC1CCC([C@@H]2CCN(C(=O)C3CCC(C(N)CF)CC3)[C@@H]2C(=O)Cc2ccc3oc(C(=O)O)cc3c2)CC1. The van der Waals surface area contributed by atoms with E-state index in [9.17, 15) is 23.9 Å². The van der Waals surface area contributed by atoms with E-state index in [1.54, 1.807) is 25.3 Å². The number of rotatable bonds is 9. The summed E-state index contributed by atoms with van der Waals surface area (Å²) in [6.07, 6.45) is 7.98. The van der Waals surface area contributed by atoms with E-state index in [1.165, 1.54) is 6.07 Å². The fraction of sp³-hybridized carbons (Fsp3) is 0.645. The van der Waals surface area contributed by atoms with Crippen LogP contribution in [0.15, 0.2) is 28.7 Å². The third-order valence-corrected chi connectivity index (χ3v) is 9.79. The highest BCUT2D eigenvalue weighted by Gasteiger charge is 2.47. The maximum atomic E-state index is 14.0. The zero-order valence-corrected chi connectivity index (χ0v) is 23.2. The molecule has 5 rings (SSSR count). The van der Waals surface area contributed by atoms with Crippen molar-refractivity contribution < 1.29 is 33.0 Å². The summed E-state index contributed by atoms with van der Waals surface area (Å²) in [6, 6.07) is 5.83. The number of carbonyl (C=O) groups excluding carboxylic acids is 2. The topological polar surface area (TPSA) is 123 Å². The minimum Gasteiger partial charge on any atom is -0.475 e. The summed E-state index contributed by atoms with van der Waals surface area (Å²) in [6.45, 7) is 0.0397. The molecule has 218 valence electrons. The number of carboxylic acids is 1. The van der Waals surface area contributed by atoms with Crippen LogP contribution in [0.4, 0.5) is 4.39 Å². The molecule has 2 heterocycles. The van der Waals surface area contributed by atoms with Crippen molar-refractivity contribution in [2.24, 2.45) is 29.4 Å². The highest BCUT2D eigenvalue weighted by atomic mass is 19.1. The molecular weight excluding hydrogens is 515 g/mol. The molecule has 8 nitrogen and oxygen atoms in total. The number of Topliss-reactive ketones (excluding diaryl/α,β-unsaturated/α-hetero) is 1. The molecule has 2 aliphatic carbocycles. The Morgan fingerprint density at radius 2 is 1.80 bits per heavy atom. The van der Waals surface area contributed by atoms with Crippen LogP contribution in [0.25, 0.3) is 11.0 Å². The summed E-state index contributed by atoms with van der Waals surface area (Å²) >= 11 is 0. The maximum absolute atomic E-state index is 14.0. The average Bonchev–Trinajstić information content (AvgIpc) is 3.61. The molecule has 3 fully saturated rings. The summed E-state index contributed by atoms with van der Waals surface area (Å²) in [7, 11) is 1.75. The molecule has 2 aromatic rings. The minimum absolute atomic E-state index is 0.0270. The standard InChI is InChI=1S/C31H41FN2O6/c1-39-23-9-7-19(8-10-23)24-12-13-34(30(36)21-5-3-20(4-6-21)25(33)17-32)29(24)26(35)15-18-2-11-27-22(14-18)16-28(40-27)31(37)38/h2,11,14,16,19-21,23-25,29H,3-10,12-13,15,17,33H2,1H3,(H,37,38)/t19?,20?,21?,23?,24-,25?,29-/m0/s1. The first-order chi connectivity index (χ1) is 19.3. The van der Waals surface area contributed by atoms with Gasteiger partial charge in [-0.25, -0.2) is 9.18 Å². The summed E-state index contributed by atoms with van der Waals surface area (Å²) < 4.78 is 24.0. The second-order valence-corrected chi connectivity index (χ2v) is 12.1. The summed E-state index contributed by atoms with van der Waals surface area (Å²) in [4.78, 5) is 41.1. The zero-order chi connectivity index (χ0) is 28.4. The lowest BCUT2D eigenvalue weighted by atomic mass is 9.74. The first kappa shape index (κ1) is 28.7. The van der Waals surface area contributed by atoms with Gasteiger partial charge in [-0.2, -0.15) is 0 Å². The van der Waals surface area contributed by atoms with Crippen LogP contribution in [0.2, 0.25) is 0 Å². The van der Waals surface area contributed by atoms with Crippen LogP contribution in [0, 0.1) is 23.7 Å². The lowest BCUT2D eigenvalue weighted by molar-refractivity contribution is -0.143. The van der Waals surface area contributed by atoms with E-state index in [0.717, 1.165) is 50.5 Å². The van der Waals surface area contributed by atoms with Gasteiger partial charge in [0.1, 0.15) is 12.3 Å². The molecule has 1 aliphatic heterocycles. The molecule has 3 N–H and O–H groups in total. The molecule has 1 unspecified atom stereocenters. The Labute approximate surface area is 234 Å². The molecule has 1 aromatic heterocycles. The van der Waals surface area contributed by atoms with Crippen molar-refractivity contribution in [2.75, 3.05) is 20.3 Å². The largest absolute Gasteiger partial charge is 0.475 e. The van der Waals surface area contributed by atoms with Crippen LogP contribution in [-0.2, 0) is 20.7 Å². The molecule has 9 heteroatoms. The number of amides is 1. The van der Waals surface area contributed by atoms with Gasteiger partial charge in [-0.15, -0.1) is 0 Å². The number of fused-ring (bicyclic) bond motifs is 1. The van der Waals surface area contributed by atoms with Crippen LogP contribution in [0.3, 0.4) is 0 Å². The Balaban J connectivity index is 1.34. The van der Waals surface area contributed by atoms with E-state index in [-0.39, 0.29) is 47.7 Å². The quantitative estimate of drug-likeness (QED) is 0.456. The van der Waals surface area contributed by atoms with Crippen molar-refractivity contribution in [3.05, 3.63) is 35.6 Å². The average molecular weight is 557 g/mol. The number of halogens is 1. The molecule has 0 radical (unpaired) electrons. The van der Waals surface area contributed by atoms with Crippen molar-refractivity contribution in [1.29, 1.82) is 0 Å². The summed E-state index contributed by atoms with van der Waals surface area (Å²) in [5.41, 5.74) is 7.17. The molecule has 0 bridgehead atoms. The Kier molecular flexibility index (Phi) is 8.90. The van der Waals surface area contributed by atoms with E-state index in [2.05, 4.69) is 0 Å². The molecule has 0 spiro atoms. The number of nitrogens with zero attached hydrogens (tertiary/aromatic N) is 1. The molecule has 1 aromatic carbocycles. The number of nitrogens with two attached hydrogens (primary N) is 1. The van der Waals surface area contributed by atoms with Crippen LogP contribution in [-0.4, -0.2) is 66.2 Å². The fourth-order valence-corrected chi connectivity index (χ4v) is 7.49. The van der Waals surface area contributed by atoms with Crippen LogP contribution in [0.1, 0.15) is 73.9 Å². The van der Waals surface area contributed by atoms with Crippen molar-refractivity contribution in [3.63, 3.8) is 0 Å². The lowest BCUT2D eigenvalue weighted by Crippen LogP contribution is -2.48. The number of aromatic carboxylic acids is 1. The predicted molar refractivity (Wildman–Crippen MR) is 148 cm³/mol. The number of alkyl halides is 1. The Bertz CT molecular complexity index is 1210. The van der Waals surface area contributed by atoms with Crippen LogP contribution < -0.4 is 5.73 Å². The summed E-state index contributed by atoms with van der Waals surface area (Å²) in [5, 5.41) is 9.89. The predicted octanol–water partition coefficient (Wildman–Crippen LogP) is 4.77. The highest BCUT2D eigenvalue weighted by Crippen LogP contribution is 2.42. The van der Waals surface area contributed by atoms with Crippen LogP contribution in [0.5, 0.6) is 0 Å². The number of methoxy groups -OCH3 is 1. The third kappa shape index (κ3) is 5.96. The van der Waals surface area contributed by atoms with Gasteiger partial charge in [0.15, 0.2) is 5.78 Å².